The van der Waals surface area contributed by atoms with Gasteiger partial charge in [0.05, 0.1) is 5.75 Å². The Morgan fingerprint density at radius 2 is 1.25 bits per heavy atom. The number of rotatable bonds is 10. The minimum Gasteiger partial charge on any atom is -0.366 e. The number of primary amides is 1. The molecule has 0 saturated heterocycles. The zero-order valence-corrected chi connectivity index (χ0v) is 22.1. The zero-order chi connectivity index (χ0) is 28.3. The minimum absolute atomic E-state index is 0.0963. The molecular weight excluding hydrogens is 524 g/mol. The number of thioether (sulfide) groups is 1. The van der Waals surface area contributed by atoms with Crippen molar-refractivity contribution in [2.24, 2.45) is 5.73 Å². The number of nitrogens with one attached hydrogen (secondary N) is 3. The number of anilines is 2. The highest BCUT2D eigenvalue weighted by Gasteiger charge is 2.15. The van der Waals surface area contributed by atoms with Gasteiger partial charge in [-0.25, -0.2) is 0 Å². The smallest absolute Gasteiger partial charge is 0.272 e. The lowest BCUT2D eigenvalue weighted by Gasteiger charge is -2.12. The van der Waals surface area contributed by atoms with Crippen molar-refractivity contribution < 1.29 is 19.2 Å². The fraction of sp³-hybridized carbons (Fsp3) is 0.0323. The van der Waals surface area contributed by atoms with Crippen molar-refractivity contribution in [3.8, 4) is 0 Å². The van der Waals surface area contributed by atoms with Gasteiger partial charge in [-0.05, 0) is 72.3 Å². The summed E-state index contributed by atoms with van der Waals surface area (Å²) in [6, 6.07) is 31.2. The largest absolute Gasteiger partial charge is 0.366 e. The van der Waals surface area contributed by atoms with E-state index in [1.165, 1.54) is 11.8 Å². The van der Waals surface area contributed by atoms with Crippen LogP contribution in [0.2, 0.25) is 0 Å². The van der Waals surface area contributed by atoms with Gasteiger partial charge in [-0.2, -0.15) is 0 Å². The number of amides is 4. The van der Waals surface area contributed by atoms with Crippen molar-refractivity contribution in [2.75, 3.05) is 16.4 Å². The molecule has 0 spiro atoms. The summed E-state index contributed by atoms with van der Waals surface area (Å²) in [6.45, 7) is 0. The molecule has 0 bridgehead atoms. The molecule has 4 aromatic rings. The lowest BCUT2D eigenvalue weighted by Crippen LogP contribution is -2.30. The molecule has 0 heterocycles. The Kier molecular flexibility index (Phi) is 9.47. The second-order valence-corrected chi connectivity index (χ2v) is 9.59. The summed E-state index contributed by atoms with van der Waals surface area (Å²) in [7, 11) is 0. The number of carbonyl (C=O) groups excluding carboxylic acids is 4. The highest BCUT2D eigenvalue weighted by Crippen LogP contribution is 2.21. The van der Waals surface area contributed by atoms with Crippen LogP contribution in [0.5, 0.6) is 0 Å². The zero-order valence-electron chi connectivity index (χ0n) is 21.3. The maximum absolute atomic E-state index is 13.1. The predicted molar refractivity (Wildman–Crippen MR) is 158 cm³/mol. The van der Waals surface area contributed by atoms with E-state index in [9.17, 15) is 19.2 Å². The third kappa shape index (κ3) is 8.17. The maximum atomic E-state index is 13.1. The monoisotopic (exact) mass is 550 g/mol. The van der Waals surface area contributed by atoms with Gasteiger partial charge in [0, 0.05) is 27.4 Å². The van der Waals surface area contributed by atoms with Gasteiger partial charge in [0.25, 0.3) is 11.8 Å². The molecule has 200 valence electrons. The van der Waals surface area contributed by atoms with E-state index in [2.05, 4.69) is 16.0 Å². The standard InChI is InChI=1S/C31H26N4O4S/c32-29(37)22-11-13-24(14-12-22)33-28(36)20-40-26-17-15-25(16-18-26)34-31(39)27(19-21-7-3-1-4-8-21)35-30(38)23-9-5-2-6-10-23/h1-19H,20H2,(H2,32,37)(H,33,36)(H,34,39)(H,35,38)/b27-19-. The number of nitrogens with two attached hydrogens (primary N) is 1. The Balaban J connectivity index is 1.36. The molecule has 8 nitrogen and oxygen atoms in total. The summed E-state index contributed by atoms with van der Waals surface area (Å²) in [5, 5.41) is 8.29. The van der Waals surface area contributed by atoms with Crippen LogP contribution in [-0.2, 0) is 9.59 Å². The van der Waals surface area contributed by atoms with E-state index >= 15 is 0 Å². The van der Waals surface area contributed by atoms with Gasteiger partial charge in [0.15, 0.2) is 0 Å². The Labute approximate surface area is 235 Å². The summed E-state index contributed by atoms with van der Waals surface area (Å²) < 4.78 is 0. The summed E-state index contributed by atoms with van der Waals surface area (Å²) in [4.78, 5) is 50.2. The molecule has 0 unspecified atom stereocenters. The first kappa shape index (κ1) is 27.9. The van der Waals surface area contributed by atoms with Crippen LogP contribution < -0.4 is 21.7 Å². The van der Waals surface area contributed by atoms with E-state index in [0.717, 1.165) is 10.5 Å². The van der Waals surface area contributed by atoms with E-state index in [1.54, 1.807) is 78.9 Å². The third-order valence-corrected chi connectivity index (χ3v) is 6.59. The quantitative estimate of drug-likeness (QED) is 0.164. The minimum atomic E-state index is -0.534. The lowest BCUT2D eigenvalue weighted by molar-refractivity contribution is -0.114. The van der Waals surface area contributed by atoms with E-state index in [1.807, 2.05) is 36.4 Å². The summed E-state index contributed by atoms with van der Waals surface area (Å²) >= 11 is 1.33. The van der Waals surface area contributed by atoms with Crippen LogP contribution in [-0.4, -0.2) is 29.4 Å². The average molecular weight is 551 g/mol. The molecule has 0 aromatic heterocycles. The maximum Gasteiger partial charge on any atom is 0.272 e. The van der Waals surface area contributed by atoms with Crippen LogP contribution in [0.25, 0.3) is 6.08 Å². The van der Waals surface area contributed by atoms with E-state index < -0.39 is 17.7 Å². The van der Waals surface area contributed by atoms with Gasteiger partial charge in [0.1, 0.15) is 5.70 Å². The highest BCUT2D eigenvalue weighted by molar-refractivity contribution is 8.00. The molecule has 4 amide bonds. The Bertz CT molecular complexity index is 1520. The van der Waals surface area contributed by atoms with Crippen molar-refractivity contribution >= 4 is 52.8 Å². The lowest BCUT2D eigenvalue weighted by atomic mass is 10.1. The molecule has 5 N–H and O–H groups in total. The van der Waals surface area contributed by atoms with Crippen molar-refractivity contribution in [3.63, 3.8) is 0 Å². The van der Waals surface area contributed by atoms with Crippen LogP contribution >= 0.6 is 11.8 Å². The molecule has 40 heavy (non-hydrogen) atoms. The van der Waals surface area contributed by atoms with Crippen LogP contribution in [0.1, 0.15) is 26.3 Å². The van der Waals surface area contributed by atoms with Crippen LogP contribution in [0.4, 0.5) is 11.4 Å². The number of hydrogen-bond acceptors (Lipinski definition) is 5. The number of benzene rings is 4. The van der Waals surface area contributed by atoms with Crippen molar-refractivity contribution in [2.45, 2.75) is 4.90 Å². The van der Waals surface area contributed by atoms with Crippen LogP contribution in [0.15, 0.2) is 120 Å². The first-order chi connectivity index (χ1) is 19.4. The average Bonchev–Trinajstić information content (AvgIpc) is 2.97. The summed E-state index contributed by atoms with van der Waals surface area (Å²) in [5.74, 6) is -1.45. The second kappa shape index (κ2) is 13.6. The molecule has 9 heteroatoms. The second-order valence-electron chi connectivity index (χ2n) is 8.55. The summed E-state index contributed by atoms with van der Waals surface area (Å²) in [6.07, 6.45) is 1.61. The van der Waals surface area contributed by atoms with Gasteiger partial charge in [-0.3, -0.25) is 19.2 Å². The van der Waals surface area contributed by atoms with Crippen LogP contribution in [0, 0.1) is 0 Å². The molecule has 0 aliphatic rings. The van der Waals surface area contributed by atoms with Crippen molar-refractivity contribution in [1.82, 2.24) is 5.32 Å². The number of hydrogen-bond donors (Lipinski definition) is 4. The number of carbonyl (C=O) groups is 4. The van der Waals surface area contributed by atoms with E-state index in [0.29, 0.717) is 22.5 Å². The SMILES string of the molecule is NC(=O)c1ccc(NC(=O)CSc2ccc(NC(=O)/C(=C/c3ccccc3)NC(=O)c3ccccc3)cc2)cc1. The molecule has 0 fully saturated rings. The first-order valence-corrected chi connectivity index (χ1v) is 13.2. The van der Waals surface area contributed by atoms with Gasteiger partial charge >= 0.3 is 0 Å². The Hall–Kier alpha value is -5.15. The molecular formula is C31H26N4O4S. The third-order valence-electron chi connectivity index (χ3n) is 5.57. The van der Waals surface area contributed by atoms with E-state index in [-0.39, 0.29) is 17.4 Å². The van der Waals surface area contributed by atoms with Gasteiger partial charge in [-0.15, -0.1) is 11.8 Å². The Morgan fingerprint density at radius 3 is 1.88 bits per heavy atom. The predicted octanol–water partition coefficient (Wildman–Crippen LogP) is 4.93. The topological polar surface area (TPSA) is 130 Å². The molecule has 4 rings (SSSR count). The molecule has 4 aromatic carbocycles. The molecule has 0 aliphatic carbocycles. The summed E-state index contributed by atoms with van der Waals surface area (Å²) in [5.41, 5.74) is 7.97. The van der Waals surface area contributed by atoms with Crippen molar-refractivity contribution in [1.29, 1.82) is 0 Å². The van der Waals surface area contributed by atoms with E-state index in [4.69, 9.17) is 5.73 Å². The molecule has 0 aliphatic heterocycles. The first-order valence-electron chi connectivity index (χ1n) is 12.2. The van der Waals surface area contributed by atoms with Crippen LogP contribution in [0.3, 0.4) is 0 Å². The van der Waals surface area contributed by atoms with Crippen molar-refractivity contribution in [3.05, 3.63) is 132 Å². The Morgan fingerprint density at radius 1 is 0.675 bits per heavy atom. The fourth-order valence-electron chi connectivity index (χ4n) is 3.56. The van der Waals surface area contributed by atoms with Gasteiger partial charge in [-0.1, -0.05) is 48.5 Å². The fourth-order valence-corrected chi connectivity index (χ4v) is 4.25. The normalized spacial score (nSPS) is 10.8. The molecule has 0 atom stereocenters. The van der Waals surface area contributed by atoms with Gasteiger partial charge in [0.2, 0.25) is 11.8 Å². The molecule has 0 saturated carbocycles. The molecule has 0 radical (unpaired) electrons. The van der Waals surface area contributed by atoms with Gasteiger partial charge < -0.3 is 21.7 Å². The highest BCUT2D eigenvalue weighted by atomic mass is 32.2.